The van der Waals surface area contributed by atoms with Crippen molar-refractivity contribution in [1.29, 1.82) is 0 Å². The van der Waals surface area contributed by atoms with E-state index in [4.69, 9.17) is 4.74 Å². The van der Waals surface area contributed by atoms with E-state index in [1.54, 1.807) is 30.5 Å². The molecule has 1 fully saturated rings. The topological polar surface area (TPSA) is 51.2 Å². The summed E-state index contributed by atoms with van der Waals surface area (Å²) in [5.74, 6) is 0.919. The molecule has 1 aliphatic rings. The van der Waals surface area contributed by atoms with E-state index in [0.717, 1.165) is 37.0 Å². The quantitative estimate of drug-likeness (QED) is 0.314. The lowest BCUT2D eigenvalue weighted by atomic mass is 9.75. The average Bonchev–Trinajstić information content (AvgIpc) is 2.92. The van der Waals surface area contributed by atoms with E-state index >= 15 is 0 Å². The molecule has 1 saturated carbocycles. The molecule has 1 unspecified atom stereocenters. The molecule has 0 spiro atoms. The average molecular weight is 539 g/mol. The molecule has 0 radical (unpaired) electrons. The molecular weight excluding hydrogens is 501 g/mol. The fourth-order valence-electron chi connectivity index (χ4n) is 5.76. The monoisotopic (exact) mass is 538 g/mol. The Morgan fingerprint density at radius 2 is 1.72 bits per heavy atom. The Morgan fingerprint density at radius 1 is 1.00 bits per heavy atom. The summed E-state index contributed by atoms with van der Waals surface area (Å²) in [6.07, 6.45) is 0.320. The smallest absolute Gasteiger partial charge is 0.368 e. The van der Waals surface area contributed by atoms with E-state index in [9.17, 15) is 18.0 Å². The Balaban J connectivity index is 1.71. The summed E-state index contributed by atoms with van der Waals surface area (Å²) < 4.78 is 47.6. The molecule has 4 nitrogen and oxygen atoms in total. The predicted octanol–water partition coefficient (Wildman–Crippen LogP) is 7.18. The number of nitrogens with one attached hydrogen (secondary N) is 1. The van der Waals surface area contributed by atoms with Gasteiger partial charge in [0.05, 0.1) is 17.4 Å². The van der Waals surface area contributed by atoms with Gasteiger partial charge in [-0.3, -0.25) is 9.78 Å². The number of alkyl halides is 3. The van der Waals surface area contributed by atoms with Crippen LogP contribution in [0.15, 0.2) is 79.0 Å². The molecule has 0 saturated heterocycles. The van der Waals surface area contributed by atoms with Gasteiger partial charge in [-0.15, -0.1) is 0 Å². The molecule has 0 aliphatic heterocycles. The lowest BCUT2D eigenvalue weighted by Crippen LogP contribution is -2.51. The fraction of sp³-hybridized carbons (Fsp3) is 0.438. The van der Waals surface area contributed by atoms with E-state index in [1.165, 1.54) is 6.07 Å². The third-order valence-electron chi connectivity index (χ3n) is 7.84. The molecule has 1 amide bonds. The Bertz CT molecular complexity index is 1220. The van der Waals surface area contributed by atoms with Gasteiger partial charge in [0, 0.05) is 12.6 Å². The zero-order chi connectivity index (χ0) is 28.0. The van der Waals surface area contributed by atoms with Crippen LogP contribution >= 0.6 is 0 Å². The summed E-state index contributed by atoms with van der Waals surface area (Å²) in [6, 6.07) is 19.8. The molecule has 1 aliphatic carbocycles. The van der Waals surface area contributed by atoms with Gasteiger partial charge in [0.25, 0.3) is 0 Å². The number of aromatic nitrogens is 1. The van der Waals surface area contributed by atoms with Gasteiger partial charge in [0.1, 0.15) is 12.1 Å². The Morgan fingerprint density at radius 3 is 2.38 bits per heavy atom. The molecule has 39 heavy (non-hydrogen) atoms. The van der Waals surface area contributed by atoms with Crippen LogP contribution in [0.25, 0.3) is 0 Å². The van der Waals surface area contributed by atoms with Crippen molar-refractivity contribution in [3.63, 3.8) is 0 Å². The number of pyridine rings is 1. The van der Waals surface area contributed by atoms with Crippen LogP contribution in [0.2, 0.25) is 0 Å². The lowest BCUT2D eigenvalue weighted by molar-refractivity contribution is -0.137. The van der Waals surface area contributed by atoms with Crippen LogP contribution in [0.1, 0.15) is 62.4 Å². The zero-order valence-corrected chi connectivity index (χ0v) is 22.7. The molecule has 4 rings (SSSR count). The summed E-state index contributed by atoms with van der Waals surface area (Å²) >= 11 is 0. The molecule has 4 atom stereocenters. The van der Waals surface area contributed by atoms with E-state index in [-0.39, 0.29) is 19.1 Å². The highest BCUT2D eigenvalue weighted by Crippen LogP contribution is 2.38. The minimum Gasteiger partial charge on any atom is -0.368 e. The maximum atomic E-state index is 13.8. The summed E-state index contributed by atoms with van der Waals surface area (Å²) in [6.45, 7) is 6.38. The van der Waals surface area contributed by atoms with Crippen LogP contribution in [-0.4, -0.2) is 23.6 Å². The maximum absolute atomic E-state index is 13.8. The standard InChI is InChI=1S/C32H37F3N2O2/c1-22(2)27-16-15-23(3)18-28(27)39-21-30(38)37-31(29-14-7-8-17-36-29,20-24-10-5-4-6-11-24)25-12-9-13-26(19-25)32(33,34)35/h4-14,17,19,22-23,27-28H,15-16,18,20-21H2,1-3H3,(H,37,38)/t23-,27+,28-,31?/m1/s1. The molecular formula is C32H37F3N2O2. The van der Waals surface area contributed by atoms with Crippen LogP contribution in [0, 0.1) is 17.8 Å². The zero-order valence-electron chi connectivity index (χ0n) is 22.7. The lowest BCUT2D eigenvalue weighted by Gasteiger charge is -2.38. The normalized spacial score (nSPS) is 21.4. The third kappa shape index (κ3) is 7.07. The van der Waals surface area contributed by atoms with Crippen molar-refractivity contribution in [2.24, 2.45) is 17.8 Å². The number of rotatable bonds is 9. The highest BCUT2D eigenvalue weighted by molar-refractivity contribution is 5.79. The molecule has 1 N–H and O–H groups in total. The second-order valence-corrected chi connectivity index (χ2v) is 11.1. The number of nitrogens with zero attached hydrogens (tertiary/aromatic N) is 1. The van der Waals surface area contributed by atoms with Gasteiger partial charge in [0.15, 0.2) is 0 Å². The van der Waals surface area contributed by atoms with Gasteiger partial charge in [0.2, 0.25) is 5.91 Å². The number of amides is 1. The van der Waals surface area contributed by atoms with Crippen molar-refractivity contribution in [1.82, 2.24) is 10.3 Å². The molecule has 0 bridgehead atoms. The van der Waals surface area contributed by atoms with Gasteiger partial charge >= 0.3 is 6.18 Å². The number of hydrogen-bond donors (Lipinski definition) is 1. The Hall–Kier alpha value is -3.19. The first-order chi connectivity index (χ1) is 18.6. The largest absolute Gasteiger partial charge is 0.416 e. The first-order valence-corrected chi connectivity index (χ1v) is 13.6. The predicted molar refractivity (Wildman–Crippen MR) is 146 cm³/mol. The maximum Gasteiger partial charge on any atom is 0.416 e. The minimum absolute atomic E-state index is 0.0357. The Labute approximate surface area is 229 Å². The Kier molecular flexibility index (Phi) is 9.11. The van der Waals surface area contributed by atoms with Gasteiger partial charge in [-0.25, -0.2) is 0 Å². The molecule has 1 aromatic heterocycles. The highest BCUT2D eigenvalue weighted by atomic mass is 19.4. The number of carbonyl (C=O) groups is 1. The van der Waals surface area contributed by atoms with Crippen LogP contribution in [-0.2, 0) is 27.7 Å². The first-order valence-electron chi connectivity index (χ1n) is 13.6. The number of carbonyl (C=O) groups excluding carboxylic acids is 1. The SMILES string of the molecule is CC(C)[C@@H]1CC[C@@H](C)C[C@H]1OCC(=O)NC(Cc1ccccc1)(c1cccc(C(F)(F)F)c1)c1ccccn1. The van der Waals surface area contributed by atoms with Crippen molar-refractivity contribution in [3.05, 3.63) is 101 Å². The van der Waals surface area contributed by atoms with Crippen LogP contribution in [0.5, 0.6) is 0 Å². The van der Waals surface area contributed by atoms with Crippen LogP contribution in [0.3, 0.4) is 0 Å². The van der Waals surface area contributed by atoms with E-state index in [1.807, 2.05) is 30.3 Å². The van der Waals surface area contributed by atoms with Gasteiger partial charge in [-0.1, -0.05) is 75.7 Å². The number of hydrogen-bond acceptors (Lipinski definition) is 3. The van der Waals surface area contributed by atoms with E-state index in [0.29, 0.717) is 29.0 Å². The van der Waals surface area contributed by atoms with Crippen molar-refractivity contribution >= 4 is 5.91 Å². The minimum atomic E-state index is -4.53. The molecule has 208 valence electrons. The van der Waals surface area contributed by atoms with E-state index < -0.39 is 23.2 Å². The number of halogens is 3. The van der Waals surface area contributed by atoms with Crippen molar-refractivity contribution in [2.75, 3.05) is 6.61 Å². The van der Waals surface area contributed by atoms with Crippen molar-refractivity contribution < 1.29 is 22.7 Å². The summed E-state index contributed by atoms with van der Waals surface area (Å²) in [7, 11) is 0. The third-order valence-corrected chi connectivity index (χ3v) is 7.84. The number of ether oxygens (including phenoxy) is 1. The van der Waals surface area contributed by atoms with Gasteiger partial charge in [-0.2, -0.15) is 13.2 Å². The van der Waals surface area contributed by atoms with E-state index in [2.05, 4.69) is 31.1 Å². The van der Waals surface area contributed by atoms with Crippen molar-refractivity contribution in [2.45, 2.75) is 64.3 Å². The fourth-order valence-corrected chi connectivity index (χ4v) is 5.76. The molecule has 2 aromatic carbocycles. The molecule has 3 aromatic rings. The number of benzene rings is 2. The molecule has 7 heteroatoms. The summed E-state index contributed by atoms with van der Waals surface area (Å²) in [4.78, 5) is 18.1. The van der Waals surface area contributed by atoms with Crippen LogP contribution < -0.4 is 5.32 Å². The summed E-state index contributed by atoms with van der Waals surface area (Å²) in [5, 5.41) is 3.09. The first kappa shape index (κ1) is 28.8. The highest BCUT2D eigenvalue weighted by Gasteiger charge is 2.40. The second-order valence-electron chi connectivity index (χ2n) is 11.1. The van der Waals surface area contributed by atoms with Crippen LogP contribution in [0.4, 0.5) is 13.2 Å². The van der Waals surface area contributed by atoms with Crippen molar-refractivity contribution in [3.8, 4) is 0 Å². The van der Waals surface area contributed by atoms with Gasteiger partial charge < -0.3 is 10.1 Å². The second kappa shape index (κ2) is 12.3. The molecule has 1 heterocycles. The summed E-state index contributed by atoms with van der Waals surface area (Å²) in [5.41, 5.74) is -0.521. The van der Waals surface area contributed by atoms with Gasteiger partial charge in [-0.05, 0) is 66.0 Å².